The summed E-state index contributed by atoms with van der Waals surface area (Å²) in [7, 11) is 0. The van der Waals surface area contributed by atoms with E-state index in [9.17, 15) is 9.59 Å². The van der Waals surface area contributed by atoms with Crippen LogP contribution < -0.4 is 5.32 Å². The van der Waals surface area contributed by atoms with Crippen molar-refractivity contribution >= 4 is 17.6 Å². The summed E-state index contributed by atoms with van der Waals surface area (Å²) in [5.74, 6) is -1.12. The zero-order valence-corrected chi connectivity index (χ0v) is 12.2. The van der Waals surface area contributed by atoms with Crippen molar-refractivity contribution in [2.75, 3.05) is 18.4 Å². The van der Waals surface area contributed by atoms with Crippen LogP contribution in [0.4, 0.5) is 5.69 Å². The van der Waals surface area contributed by atoms with Crippen molar-refractivity contribution in [3.05, 3.63) is 29.8 Å². The highest BCUT2D eigenvalue weighted by atomic mass is 16.4. The minimum atomic E-state index is -0.923. The minimum Gasteiger partial charge on any atom is -0.480 e. The molecular weight excluding hydrogens is 256 g/mol. The number of hydrogen-bond donors (Lipinski definition) is 2. The Morgan fingerprint density at radius 1 is 1.35 bits per heavy atom. The Labute approximate surface area is 119 Å². The molecule has 5 heteroatoms. The van der Waals surface area contributed by atoms with E-state index in [2.05, 4.69) is 5.32 Å². The molecule has 1 amide bonds. The minimum absolute atomic E-state index is 0.0503. The SMILES string of the molecule is CCC(C)N(CC(=O)O)CC(=O)Nc1cccc(C)c1. The number of carbonyl (C=O) groups excluding carboxylic acids is 1. The number of benzene rings is 1. The van der Waals surface area contributed by atoms with E-state index in [1.54, 1.807) is 4.90 Å². The molecule has 0 heterocycles. The van der Waals surface area contributed by atoms with Crippen LogP contribution in [0.1, 0.15) is 25.8 Å². The summed E-state index contributed by atoms with van der Waals surface area (Å²) in [5.41, 5.74) is 1.79. The predicted octanol–water partition coefficient (Wildman–Crippen LogP) is 2.12. The zero-order chi connectivity index (χ0) is 15.1. The van der Waals surface area contributed by atoms with Gasteiger partial charge in [-0.15, -0.1) is 0 Å². The first kappa shape index (κ1) is 16.2. The van der Waals surface area contributed by atoms with Crippen LogP contribution in [0.3, 0.4) is 0 Å². The first-order chi connectivity index (χ1) is 9.42. The fraction of sp³-hybridized carbons (Fsp3) is 0.467. The quantitative estimate of drug-likeness (QED) is 0.801. The van der Waals surface area contributed by atoms with Crippen LogP contribution in [0.5, 0.6) is 0 Å². The molecule has 0 aromatic heterocycles. The van der Waals surface area contributed by atoms with Crippen LogP contribution in [-0.2, 0) is 9.59 Å². The lowest BCUT2D eigenvalue weighted by molar-refractivity contribution is -0.139. The molecule has 1 rings (SSSR count). The molecule has 0 bridgehead atoms. The summed E-state index contributed by atoms with van der Waals surface area (Å²) in [5, 5.41) is 11.7. The molecule has 2 N–H and O–H groups in total. The Morgan fingerprint density at radius 3 is 2.60 bits per heavy atom. The summed E-state index contributed by atoms with van der Waals surface area (Å²) in [6, 6.07) is 7.56. The predicted molar refractivity (Wildman–Crippen MR) is 78.8 cm³/mol. The van der Waals surface area contributed by atoms with E-state index in [4.69, 9.17) is 5.11 Å². The van der Waals surface area contributed by atoms with Gasteiger partial charge in [0.2, 0.25) is 5.91 Å². The number of carbonyl (C=O) groups is 2. The van der Waals surface area contributed by atoms with E-state index < -0.39 is 5.97 Å². The second-order valence-corrected chi connectivity index (χ2v) is 4.97. The second-order valence-electron chi connectivity index (χ2n) is 4.97. The lowest BCUT2D eigenvalue weighted by atomic mass is 10.2. The summed E-state index contributed by atoms with van der Waals surface area (Å²) in [4.78, 5) is 24.5. The third-order valence-corrected chi connectivity index (χ3v) is 3.20. The van der Waals surface area contributed by atoms with Gasteiger partial charge in [0.05, 0.1) is 13.1 Å². The van der Waals surface area contributed by atoms with Gasteiger partial charge in [-0.05, 0) is 38.0 Å². The lowest BCUT2D eigenvalue weighted by Gasteiger charge is -2.25. The summed E-state index contributed by atoms with van der Waals surface area (Å²) < 4.78 is 0. The first-order valence-electron chi connectivity index (χ1n) is 6.74. The Balaban J connectivity index is 2.63. The van der Waals surface area contributed by atoms with Crippen molar-refractivity contribution in [1.29, 1.82) is 0 Å². The molecule has 0 saturated heterocycles. The molecule has 1 atom stereocenters. The van der Waals surface area contributed by atoms with Crippen molar-refractivity contribution < 1.29 is 14.7 Å². The molecule has 0 radical (unpaired) electrons. The number of rotatable bonds is 7. The molecule has 0 fully saturated rings. The normalized spacial score (nSPS) is 12.2. The van der Waals surface area contributed by atoms with E-state index >= 15 is 0 Å². The van der Waals surface area contributed by atoms with Crippen LogP contribution in [0.25, 0.3) is 0 Å². The van der Waals surface area contributed by atoms with Crippen LogP contribution in [0.15, 0.2) is 24.3 Å². The number of nitrogens with zero attached hydrogens (tertiary/aromatic N) is 1. The van der Waals surface area contributed by atoms with E-state index in [1.807, 2.05) is 45.0 Å². The molecule has 1 unspecified atom stereocenters. The fourth-order valence-electron chi connectivity index (χ4n) is 1.91. The molecule has 0 aliphatic heterocycles. The Bertz CT molecular complexity index is 474. The standard InChI is InChI=1S/C15H22N2O3/c1-4-12(3)17(10-15(19)20)9-14(18)16-13-7-5-6-11(2)8-13/h5-8,12H,4,9-10H2,1-3H3,(H,16,18)(H,19,20). The molecule has 20 heavy (non-hydrogen) atoms. The van der Waals surface area contributed by atoms with E-state index in [0.717, 1.165) is 17.7 Å². The Hall–Kier alpha value is -1.88. The van der Waals surface area contributed by atoms with Gasteiger partial charge in [-0.1, -0.05) is 19.1 Å². The van der Waals surface area contributed by atoms with Crippen LogP contribution >= 0.6 is 0 Å². The summed E-state index contributed by atoms with van der Waals surface area (Å²) >= 11 is 0. The average Bonchev–Trinajstić information content (AvgIpc) is 2.36. The molecule has 0 spiro atoms. The number of nitrogens with one attached hydrogen (secondary N) is 1. The van der Waals surface area contributed by atoms with Crippen molar-refractivity contribution in [3.8, 4) is 0 Å². The molecule has 5 nitrogen and oxygen atoms in total. The summed E-state index contributed by atoms with van der Waals surface area (Å²) in [6.45, 7) is 5.79. The van der Waals surface area contributed by atoms with E-state index in [0.29, 0.717) is 0 Å². The van der Waals surface area contributed by atoms with Crippen molar-refractivity contribution in [2.45, 2.75) is 33.2 Å². The van der Waals surface area contributed by atoms with Gasteiger partial charge in [0, 0.05) is 11.7 Å². The second kappa shape index (κ2) is 7.65. The van der Waals surface area contributed by atoms with Crippen molar-refractivity contribution in [3.63, 3.8) is 0 Å². The van der Waals surface area contributed by atoms with Crippen molar-refractivity contribution in [2.24, 2.45) is 0 Å². The Morgan fingerprint density at radius 2 is 2.05 bits per heavy atom. The van der Waals surface area contributed by atoms with E-state index in [-0.39, 0.29) is 25.0 Å². The van der Waals surface area contributed by atoms with Gasteiger partial charge in [0.25, 0.3) is 0 Å². The number of anilines is 1. The average molecular weight is 278 g/mol. The molecule has 1 aromatic carbocycles. The number of carboxylic acids is 1. The molecule has 0 aliphatic rings. The maximum absolute atomic E-state index is 12.0. The van der Waals surface area contributed by atoms with E-state index in [1.165, 1.54) is 0 Å². The fourth-order valence-corrected chi connectivity index (χ4v) is 1.91. The molecule has 110 valence electrons. The highest BCUT2D eigenvalue weighted by Crippen LogP contribution is 2.10. The molecule has 0 aliphatic carbocycles. The van der Waals surface area contributed by atoms with Gasteiger partial charge in [-0.2, -0.15) is 0 Å². The maximum atomic E-state index is 12.0. The number of carboxylic acid groups (broad SMARTS) is 1. The van der Waals surface area contributed by atoms with Crippen molar-refractivity contribution in [1.82, 2.24) is 4.90 Å². The van der Waals surface area contributed by atoms with Gasteiger partial charge in [-0.25, -0.2) is 0 Å². The van der Waals surface area contributed by atoms with Gasteiger partial charge in [0.15, 0.2) is 0 Å². The number of amides is 1. The van der Waals surface area contributed by atoms with Crippen LogP contribution in [0.2, 0.25) is 0 Å². The smallest absolute Gasteiger partial charge is 0.317 e. The maximum Gasteiger partial charge on any atom is 0.317 e. The highest BCUT2D eigenvalue weighted by molar-refractivity contribution is 5.92. The third kappa shape index (κ3) is 5.40. The Kier molecular flexibility index (Phi) is 6.18. The van der Waals surface area contributed by atoms with Gasteiger partial charge in [0.1, 0.15) is 0 Å². The van der Waals surface area contributed by atoms with Gasteiger partial charge >= 0.3 is 5.97 Å². The number of hydrogen-bond acceptors (Lipinski definition) is 3. The third-order valence-electron chi connectivity index (χ3n) is 3.20. The van der Waals surface area contributed by atoms with Gasteiger partial charge in [-0.3, -0.25) is 14.5 Å². The lowest BCUT2D eigenvalue weighted by Crippen LogP contribution is -2.42. The largest absolute Gasteiger partial charge is 0.480 e. The topological polar surface area (TPSA) is 69.6 Å². The summed E-state index contributed by atoms with van der Waals surface area (Å²) in [6.07, 6.45) is 0.797. The number of aliphatic carboxylic acids is 1. The highest BCUT2D eigenvalue weighted by Gasteiger charge is 2.18. The first-order valence-corrected chi connectivity index (χ1v) is 6.74. The van der Waals surface area contributed by atoms with Crippen LogP contribution in [-0.4, -0.2) is 41.0 Å². The number of aryl methyl sites for hydroxylation is 1. The molecular formula is C15H22N2O3. The zero-order valence-electron chi connectivity index (χ0n) is 12.2. The van der Waals surface area contributed by atoms with Gasteiger partial charge < -0.3 is 10.4 Å². The molecule has 1 aromatic rings. The monoisotopic (exact) mass is 278 g/mol. The van der Waals surface area contributed by atoms with Crippen LogP contribution in [0, 0.1) is 6.92 Å². The molecule has 0 saturated carbocycles.